The number of nitrogens with zero attached hydrogens (tertiary/aromatic N) is 1. The molecule has 20 heavy (non-hydrogen) atoms. The molecule has 1 saturated carbocycles. The number of ether oxygens (including phenoxy) is 1. The van der Waals surface area contributed by atoms with Gasteiger partial charge in [0.15, 0.2) is 0 Å². The van der Waals surface area contributed by atoms with Crippen molar-refractivity contribution in [1.29, 1.82) is 0 Å². The summed E-state index contributed by atoms with van der Waals surface area (Å²) >= 11 is 6.23. The Hall–Kier alpha value is -1.74. The van der Waals surface area contributed by atoms with Crippen LogP contribution in [0.2, 0.25) is 5.02 Å². The maximum atomic E-state index is 6.23. The smallest absolute Gasteiger partial charge is 0.213 e. The second kappa shape index (κ2) is 5.71. The molecule has 4 heteroatoms. The van der Waals surface area contributed by atoms with Gasteiger partial charge in [-0.15, -0.1) is 0 Å². The molecule has 0 unspecified atom stereocenters. The molecule has 3 rings (SSSR count). The van der Waals surface area contributed by atoms with Crippen LogP contribution in [0.25, 0.3) is 0 Å². The Morgan fingerprint density at radius 1 is 1.25 bits per heavy atom. The second-order valence-electron chi connectivity index (χ2n) is 4.98. The molecule has 1 aliphatic rings. The van der Waals surface area contributed by atoms with Crippen LogP contribution in [0.5, 0.6) is 5.88 Å². The van der Waals surface area contributed by atoms with E-state index in [1.807, 2.05) is 37.4 Å². The van der Waals surface area contributed by atoms with E-state index in [9.17, 15) is 0 Å². The van der Waals surface area contributed by atoms with Crippen molar-refractivity contribution in [3.8, 4) is 5.88 Å². The number of benzene rings is 1. The molecule has 1 aromatic heterocycles. The van der Waals surface area contributed by atoms with E-state index >= 15 is 0 Å². The first kappa shape index (κ1) is 13.3. The Morgan fingerprint density at radius 3 is 2.80 bits per heavy atom. The topological polar surface area (TPSA) is 34.1 Å². The molecule has 104 valence electrons. The fraction of sp³-hybridized carbons (Fsp3) is 0.312. The molecular formula is C16H17ClN2O. The number of halogens is 1. The molecule has 0 spiro atoms. The van der Waals surface area contributed by atoms with Gasteiger partial charge in [0.2, 0.25) is 5.88 Å². The van der Waals surface area contributed by atoms with Gasteiger partial charge in [-0.3, -0.25) is 0 Å². The van der Waals surface area contributed by atoms with Crippen molar-refractivity contribution in [2.24, 2.45) is 0 Å². The molecule has 1 aliphatic carbocycles. The van der Waals surface area contributed by atoms with Gasteiger partial charge >= 0.3 is 0 Å². The van der Waals surface area contributed by atoms with E-state index < -0.39 is 0 Å². The standard InChI is InChI=1S/C16H17ClN2O/c1-18-15-6-2-4-13(17)12(15)10-20-16-7-3-5-14(19-16)11-8-9-11/h2-7,11,18H,8-10H2,1H3. The van der Waals surface area contributed by atoms with Crippen LogP contribution in [-0.2, 0) is 6.61 Å². The van der Waals surface area contributed by atoms with Crippen LogP contribution in [0, 0.1) is 0 Å². The van der Waals surface area contributed by atoms with Gasteiger partial charge in [0.05, 0.1) is 0 Å². The van der Waals surface area contributed by atoms with E-state index in [4.69, 9.17) is 16.3 Å². The molecular weight excluding hydrogens is 272 g/mol. The quantitative estimate of drug-likeness (QED) is 0.894. The summed E-state index contributed by atoms with van der Waals surface area (Å²) in [7, 11) is 1.88. The third-order valence-corrected chi connectivity index (χ3v) is 3.85. The fourth-order valence-corrected chi connectivity index (χ4v) is 2.43. The van der Waals surface area contributed by atoms with E-state index in [0.29, 0.717) is 23.4 Å². The molecule has 1 heterocycles. The van der Waals surface area contributed by atoms with Gasteiger partial charge in [-0.25, -0.2) is 4.98 Å². The minimum Gasteiger partial charge on any atom is -0.473 e. The molecule has 0 aliphatic heterocycles. The van der Waals surface area contributed by atoms with Crippen molar-refractivity contribution in [2.45, 2.75) is 25.4 Å². The maximum absolute atomic E-state index is 6.23. The van der Waals surface area contributed by atoms with Crippen LogP contribution in [0.15, 0.2) is 36.4 Å². The summed E-state index contributed by atoms with van der Waals surface area (Å²) in [6.07, 6.45) is 2.48. The third-order valence-electron chi connectivity index (χ3n) is 3.49. The zero-order chi connectivity index (χ0) is 13.9. The lowest BCUT2D eigenvalue weighted by molar-refractivity contribution is 0.293. The molecule has 3 nitrogen and oxygen atoms in total. The normalized spacial score (nSPS) is 14.1. The largest absolute Gasteiger partial charge is 0.473 e. The molecule has 0 atom stereocenters. The van der Waals surface area contributed by atoms with E-state index in [0.717, 1.165) is 16.9 Å². The molecule has 0 saturated heterocycles. The third kappa shape index (κ3) is 2.88. The van der Waals surface area contributed by atoms with Crippen molar-refractivity contribution in [1.82, 2.24) is 4.98 Å². The minimum atomic E-state index is 0.414. The van der Waals surface area contributed by atoms with Crippen molar-refractivity contribution in [2.75, 3.05) is 12.4 Å². The number of aromatic nitrogens is 1. The molecule has 1 aromatic carbocycles. The van der Waals surface area contributed by atoms with Crippen LogP contribution >= 0.6 is 11.6 Å². The van der Waals surface area contributed by atoms with Gasteiger partial charge < -0.3 is 10.1 Å². The van der Waals surface area contributed by atoms with Gasteiger partial charge in [-0.05, 0) is 31.0 Å². The van der Waals surface area contributed by atoms with Gasteiger partial charge in [0, 0.05) is 41.0 Å². The van der Waals surface area contributed by atoms with Crippen LogP contribution in [0.1, 0.15) is 30.0 Å². The van der Waals surface area contributed by atoms with E-state index in [1.165, 1.54) is 12.8 Å². The summed E-state index contributed by atoms with van der Waals surface area (Å²) in [6, 6.07) is 11.7. The van der Waals surface area contributed by atoms with Crippen molar-refractivity contribution in [3.63, 3.8) is 0 Å². The highest BCUT2D eigenvalue weighted by molar-refractivity contribution is 6.31. The van der Waals surface area contributed by atoms with Gasteiger partial charge in [0.1, 0.15) is 6.61 Å². The predicted octanol–water partition coefficient (Wildman–Crippen LogP) is 4.23. The highest BCUT2D eigenvalue weighted by Crippen LogP contribution is 2.39. The zero-order valence-corrected chi connectivity index (χ0v) is 12.2. The van der Waals surface area contributed by atoms with Gasteiger partial charge in [0.25, 0.3) is 0 Å². The number of anilines is 1. The number of rotatable bonds is 5. The fourth-order valence-electron chi connectivity index (χ4n) is 2.20. The van der Waals surface area contributed by atoms with Crippen LogP contribution in [0.3, 0.4) is 0 Å². The first-order chi connectivity index (χ1) is 9.78. The van der Waals surface area contributed by atoms with Crippen molar-refractivity contribution >= 4 is 17.3 Å². The minimum absolute atomic E-state index is 0.414. The maximum Gasteiger partial charge on any atom is 0.213 e. The lowest BCUT2D eigenvalue weighted by atomic mass is 10.2. The van der Waals surface area contributed by atoms with E-state index in [2.05, 4.69) is 16.4 Å². The Kier molecular flexibility index (Phi) is 3.79. The summed E-state index contributed by atoms with van der Waals surface area (Å²) in [6.45, 7) is 0.414. The molecule has 0 radical (unpaired) electrons. The molecule has 2 aromatic rings. The van der Waals surface area contributed by atoms with Crippen molar-refractivity contribution in [3.05, 3.63) is 52.7 Å². The lowest BCUT2D eigenvalue weighted by Crippen LogP contribution is -2.03. The van der Waals surface area contributed by atoms with Crippen LogP contribution in [-0.4, -0.2) is 12.0 Å². The highest BCUT2D eigenvalue weighted by Gasteiger charge is 2.25. The summed E-state index contributed by atoms with van der Waals surface area (Å²) in [5.41, 5.74) is 3.07. The summed E-state index contributed by atoms with van der Waals surface area (Å²) in [5, 5.41) is 3.83. The van der Waals surface area contributed by atoms with Gasteiger partial charge in [-0.2, -0.15) is 0 Å². The van der Waals surface area contributed by atoms with E-state index in [1.54, 1.807) is 0 Å². The van der Waals surface area contributed by atoms with Crippen LogP contribution < -0.4 is 10.1 Å². The Bertz CT molecular complexity index is 611. The molecule has 1 fully saturated rings. The monoisotopic (exact) mass is 288 g/mol. The Labute approximate surface area is 123 Å². The number of nitrogens with one attached hydrogen (secondary N) is 1. The van der Waals surface area contributed by atoms with Gasteiger partial charge in [-0.1, -0.05) is 23.7 Å². The molecule has 0 bridgehead atoms. The number of hydrogen-bond acceptors (Lipinski definition) is 3. The second-order valence-corrected chi connectivity index (χ2v) is 5.39. The average Bonchev–Trinajstić information content (AvgIpc) is 3.30. The Balaban J connectivity index is 1.74. The first-order valence-electron chi connectivity index (χ1n) is 6.83. The summed E-state index contributed by atoms with van der Waals surface area (Å²) in [4.78, 5) is 4.55. The summed E-state index contributed by atoms with van der Waals surface area (Å²) in [5.74, 6) is 1.29. The first-order valence-corrected chi connectivity index (χ1v) is 7.20. The Morgan fingerprint density at radius 2 is 2.05 bits per heavy atom. The molecule has 0 amide bonds. The zero-order valence-electron chi connectivity index (χ0n) is 11.4. The number of pyridine rings is 1. The SMILES string of the molecule is CNc1cccc(Cl)c1COc1cccc(C2CC2)n1. The molecule has 1 N–H and O–H groups in total. The average molecular weight is 289 g/mol. The predicted molar refractivity (Wildman–Crippen MR) is 81.5 cm³/mol. The lowest BCUT2D eigenvalue weighted by Gasteiger charge is -2.12. The van der Waals surface area contributed by atoms with Crippen molar-refractivity contribution < 1.29 is 4.74 Å². The van der Waals surface area contributed by atoms with Crippen LogP contribution in [0.4, 0.5) is 5.69 Å². The number of hydrogen-bond donors (Lipinski definition) is 1. The highest BCUT2D eigenvalue weighted by atomic mass is 35.5. The summed E-state index contributed by atoms with van der Waals surface area (Å²) < 4.78 is 5.80. The van der Waals surface area contributed by atoms with E-state index in [-0.39, 0.29) is 0 Å².